The quantitative estimate of drug-likeness (QED) is 0.284. The highest BCUT2D eigenvalue weighted by Crippen LogP contribution is 2.42. The number of phenols is 1. The second-order valence-electron chi connectivity index (χ2n) is 7.82. The first kappa shape index (κ1) is 21.4. The average molecular weight is 423 g/mol. The Bertz CT molecular complexity index is 1020. The summed E-state index contributed by atoms with van der Waals surface area (Å²) in [5.74, 6) is -0.0979. The molecule has 0 radical (unpaired) electrons. The van der Waals surface area contributed by atoms with E-state index in [-0.39, 0.29) is 24.7 Å². The average Bonchev–Trinajstić information content (AvgIpc) is 2.85. The van der Waals surface area contributed by atoms with Gasteiger partial charge in [0.25, 0.3) is 0 Å². The third-order valence-electron chi connectivity index (χ3n) is 5.82. The Hall–Kier alpha value is -3.85. The molecule has 0 aliphatic rings. The molecule has 4 aromatic carbocycles. The summed E-state index contributed by atoms with van der Waals surface area (Å²) in [6, 6.07) is 37.8. The van der Waals surface area contributed by atoms with E-state index in [9.17, 15) is 9.90 Å². The Balaban J connectivity index is 1.62. The fourth-order valence-corrected chi connectivity index (χ4v) is 4.25. The predicted molar refractivity (Wildman–Crippen MR) is 127 cm³/mol. The minimum Gasteiger partial charge on any atom is -0.508 e. The van der Waals surface area contributed by atoms with E-state index < -0.39 is 5.41 Å². The van der Waals surface area contributed by atoms with Crippen LogP contribution in [-0.2, 0) is 21.4 Å². The van der Waals surface area contributed by atoms with E-state index in [0.29, 0.717) is 6.42 Å². The third-order valence-corrected chi connectivity index (χ3v) is 5.82. The number of carbonyl (C=O) groups excluding carboxylic acids is 1. The molecule has 3 heteroatoms. The molecule has 0 heterocycles. The summed E-state index contributed by atoms with van der Waals surface area (Å²) in [5, 5.41) is 9.43. The lowest BCUT2D eigenvalue weighted by molar-refractivity contribution is -0.143. The van der Waals surface area contributed by atoms with Gasteiger partial charge in [-0.2, -0.15) is 0 Å². The van der Waals surface area contributed by atoms with E-state index in [0.717, 1.165) is 22.3 Å². The van der Waals surface area contributed by atoms with Gasteiger partial charge in [-0.25, -0.2) is 0 Å². The normalized spacial score (nSPS) is 11.1. The van der Waals surface area contributed by atoms with Gasteiger partial charge >= 0.3 is 5.97 Å². The molecule has 0 saturated heterocycles. The van der Waals surface area contributed by atoms with Crippen LogP contribution in [0.25, 0.3) is 0 Å². The molecule has 0 fully saturated rings. The first-order chi connectivity index (χ1) is 15.7. The molecule has 0 spiro atoms. The van der Waals surface area contributed by atoms with Crippen molar-refractivity contribution in [3.63, 3.8) is 0 Å². The van der Waals surface area contributed by atoms with E-state index in [2.05, 4.69) is 36.4 Å². The second-order valence-corrected chi connectivity index (χ2v) is 7.82. The van der Waals surface area contributed by atoms with Crippen molar-refractivity contribution in [2.24, 2.45) is 0 Å². The van der Waals surface area contributed by atoms with Gasteiger partial charge < -0.3 is 9.84 Å². The molecule has 0 atom stereocenters. The van der Waals surface area contributed by atoms with E-state index in [4.69, 9.17) is 4.74 Å². The van der Waals surface area contributed by atoms with Crippen LogP contribution < -0.4 is 0 Å². The Kier molecular flexibility index (Phi) is 6.66. The molecule has 3 nitrogen and oxygen atoms in total. The fourth-order valence-electron chi connectivity index (χ4n) is 4.25. The molecule has 4 aromatic rings. The Morgan fingerprint density at radius 3 is 1.53 bits per heavy atom. The van der Waals surface area contributed by atoms with Gasteiger partial charge in [-0.15, -0.1) is 0 Å². The largest absolute Gasteiger partial charge is 0.508 e. The van der Waals surface area contributed by atoms with Gasteiger partial charge in [0.15, 0.2) is 0 Å². The fraction of sp³-hybridized carbons (Fsp3) is 0.138. The summed E-state index contributed by atoms with van der Waals surface area (Å²) in [4.78, 5) is 12.5. The summed E-state index contributed by atoms with van der Waals surface area (Å²) in [7, 11) is 0. The van der Waals surface area contributed by atoms with Crippen molar-refractivity contribution >= 4 is 5.97 Å². The van der Waals surface area contributed by atoms with Crippen molar-refractivity contribution in [3.05, 3.63) is 138 Å². The molecule has 160 valence electrons. The number of phenolic OH excluding ortho intramolecular Hbond substituents is 1. The highest BCUT2D eigenvalue weighted by Gasteiger charge is 2.36. The van der Waals surface area contributed by atoms with Gasteiger partial charge in [0.05, 0.1) is 13.0 Å². The van der Waals surface area contributed by atoms with Crippen LogP contribution in [0.4, 0.5) is 0 Å². The van der Waals surface area contributed by atoms with Gasteiger partial charge in [-0.3, -0.25) is 4.79 Å². The van der Waals surface area contributed by atoms with Crippen LogP contribution in [0.1, 0.15) is 28.7 Å². The van der Waals surface area contributed by atoms with Crippen LogP contribution in [-0.4, -0.2) is 17.7 Å². The van der Waals surface area contributed by atoms with Gasteiger partial charge in [0.2, 0.25) is 0 Å². The number of aromatic hydroxyl groups is 1. The molecule has 32 heavy (non-hydrogen) atoms. The van der Waals surface area contributed by atoms with Crippen molar-refractivity contribution in [1.82, 2.24) is 0 Å². The van der Waals surface area contributed by atoms with Crippen LogP contribution >= 0.6 is 0 Å². The lowest BCUT2D eigenvalue weighted by Gasteiger charge is -2.36. The third kappa shape index (κ3) is 4.73. The Morgan fingerprint density at radius 2 is 1.09 bits per heavy atom. The van der Waals surface area contributed by atoms with Gasteiger partial charge in [-0.1, -0.05) is 103 Å². The molecule has 0 saturated carbocycles. The maximum absolute atomic E-state index is 12.5. The lowest BCUT2D eigenvalue weighted by atomic mass is 9.67. The van der Waals surface area contributed by atoms with Crippen LogP contribution in [0.2, 0.25) is 0 Å². The number of benzene rings is 4. The minimum atomic E-state index is -0.442. The van der Waals surface area contributed by atoms with Crippen molar-refractivity contribution in [1.29, 1.82) is 0 Å². The maximum Gasteiger partial charge on any atom is 0.310 e. The summed E-state index contributed by atoms with van der Waals surface area (Å²) >= 11 is 0. The number of hydrogen-bond acceptors (Lipinski definition) is 3. The molecule has 0 bridgehead atoms. The predicted octanol–water partition coefficient (Wildman–Crippen LogP) is 5.90. The van der Waals surface area contributed by atoms with E-state index >= 15 is 0 Å². The first-order valence-electron chi connectivity index (χ1n) is 10.8. The van der Waals surface area contributed by atoms with Gasteiger partial charge in [0.1, 0.15) is 5.75 Å². The highest BCUT2D eigenvalue weighted by atomic mass is 16.5. The summed E-state index contributed by atoms with van der Waals surface area (Å²) in [5.41, 5.74) is 3.85. The molecule has 0 aromatic heterocycles. The zero-order valence-electron chi connectivity index (χ0n) is 17.9. The monoisotopic (exact) mass is 422 g/mol. The molecule has 0 aliphatic carbocycles. The number of hydrogen-bond donors (Lipinski definition) is 1. The zero-order chi connectivity index (χ0) is 22.2. The summed E-state index contributed by atoms with van der Waals surface area (Å²) in [6.45, 7) is 0.287. The van der Waals surface area contributed by atoms with Crippen molar-refractivity contribution < 1.29 is 14.6 Å². The second kappa shape index (κ2) is 9.97. The van der Waals surface area contributed by atoms with E-state index in [1.807, 2.05) is 54.6 Å². The topological polar surface area (TPSA) is 46.5 Å². The van der Waals surface area contributed by atoms with Crippen molar-refractivity contribution in [3.8, 4) is 5.75 Å². The molecule has 0 aliphatic heterocycles. The number of rotatable bonds is 8. The van der Waals surface area contributed by atoms with Crippen molar-refractivity contribution in [2.75, 3.05) is 6.61 Å². The van der Waals surface area contributed by atoms with Crippen LogP contribution in [0.3, 0.4) is 0 Å². The Labute approximate surface area is 188 Å². The number of carbonyl (C=O) groups is 1. The number of esters is 1. The van der Waals surface area contributed by atoms with Gasteiger partial charge in [-0.05, 0) is 40.8 Å². The molecular weight excluding hydrogens is 396 g/mol. The Morgan fingerprint density at radius 1 is 0.656 bits per heavy atom. The molecule has 1 N–H and O–H groups in total. The first-order valence-corrected chi connectivity index (χ1v) is 10.8. The molecule has 0 unspecified atom stereocenters. The highest BCUT2D eigenvalue weighted by molar-refractivity contribution is 5.72. The van der Waals surface area contributed by atoms with Crippen LogP contribution in [0, 0.1) is 0 Å². The zero-order valence-corrected chi connectivity index (χ0v) is 17.9. The molecule has 4 rings (SSSR count). The van der Waals surface area contributed by atoms with E-state index in [1.54, 1.807) is 24.3 Å². The van der Waals surface area contributed by atoms with Gasteiger partial charge in [0, 0.05) is 5.41 Å². The van der Waals surface area contributed by atoms with E-state index in [1.165, 1.54) is 0 Å². The minimum absolute atomic E-state index is 0.176. The van der Waals surface area contributed by atoms with Crippen LogP contribution in [0.15, 0.2) is 115 Å². The maximum atomic E-state index is 12.5. The lowest BCUT2D eigenvalue weighted by Crippen LogP contribution is -2.31. The van der Waals surface area contributed by atoms with Crippen LogP contribution in [0.5, 0.6) is 5.75 Å². The molecular formula is C29H26O3. The summed E-state index contributed by atoms with van der Waals surface area (Å²) < 4.78 is 5.69. The number of ether oxygens (including phenoxy) is 1. The molecule has 0 amide bonds. The standard InChI is InChI=1S/C29H26O3/c30-27-18-16-23(17-19-27)22-28(31)32-21-20-29(24-10-4-1-5-11-24,25-12-6-2-7-13-25)26-14-8-3-9-15-26/h1-19,30H,20-22H2. The smallest absolute Gasteiger partial charge is 0.310 e. The SMILES string of the molecule is O=C(Cc1ccc(O)cc1)OCCC(c1ccccc1)(c1ccccc1)c1ccccc1. The summed E-state index contributed by atoms with van der Waals surface area (Å²) in [6.07, 6.45) is 0.793. The van der Waals surface area contributed by atoms with Crippen molar-refractivity contribution in [2.45, 2.75) is 18.3 Å².